The van der Waals surface area contributed by atoms with Crippen LogP contribution in [0.1, 0.15) is 23.8 Å². The lowest BCUT2D eigenvalue weighted by Crippen LogP contribution is -2.40. The molecule has 0 aliphatic carbocycles. The molecule has 2 unspecified atom stereocenters. The summed E-state index contributed by atoms with van der Waals surface area (Å²) in [7, 11) is 1.75. The molecule has 1 N–H and O–H groups in total. The van der Waals surface area contributed by atoms with Gasteiger partial charge in [-0.15, -0.1) is 0 Å². The third kappa shape index (κ3) is 1.71. The van der Waals surface area contributed by atoms with Crippen LogP contribution >= 0.6 is 0 Å². The first-order valence-corrected chi connectivity index (χ1v) is 5.55. The summed E-state index contributed by atoms with van der Waals surface area (Å²) < 4.78 is 1.57. The third-order valence-corrected chi connectivity index (χ3v) is 3.37. The number of nitrogens with zero attached hydrogens (tertiary/aromatic N) is 3. The van der Waals surface area contributed by atoms with Crippen molar-refractivity contribution in [2.75, 3.05) is 13.2 Å². The molecule has 1 aliphatic rings. The second-order valence-electron chi connectivity index (χ2n) is 4.35. The van der Waals surface area contributed by atoms with E-state index in [0.717, 1.165) is 13.0 Å². The number of hydrogen-bond acceptors (Lipinski definition) is 3. The second-order valence-corrected chi connectivity index (χ2v) is 4.35. The van der Waals surface area contributed by atoms with Crippen LogP contribution in [0.25, 0.3) is 0 Å². The Hall–Kier alpha value is -1.36. The van der Waals surface area contributed by atoms with E-state index in [2.05, 4.69) is 12.0 Å². The Morgan fingerprint density at radius 1 is 1.69 bits per heavy atom. The minimum Gasteiger partial charge on any atom is -0.394 e. The van der Waals surface area contributed by atoms with Gasteiger partial charge in [0.2, 0.25) is 0 Å². The van der Waals surface area contributed by atoms with Gasteiger partial charge in [-0.25, -0.2) is 0 Å². The molecule has 5 nitrogen and oxygen atoms in total. The van der Waals surface area contributed by atoms with Gasteiger partial charge in [-0.1, -0.05) is 6.92 Å². The van der Waals surface area contributed by atoms with Crippen LogP contribution in [0.15, 0.2) is 12.3 Å². The predicted molar refractivity (Wildman–Crippen MR) is 58.9 cm³/mol. The van der Waals surface area contributed by atoms with Crippen molar-refractivity contribution in [1.29, 1.82) is 0 Å². The maximum absolute atomic E-state index is 12.2. The molecule has 1 aliphatic heterocycles. The molecular weight excluding hydrogens is 206 g/mol. The van der Waals surface area contributed by atoms with Crippen LogP contribution in [0, 0.1) is 5.92 Å². The molecule has 1 aromatic rings. The number of carbonyl (C=O) groups is 1. The van der Waals surface area contributed by atoms with Crippen LogP contribution in [-0.4, -0.2) is 44.9 Å². The van der Waals surface area contributed by atoms with Gasteiger partial charge in [-0.2, -0.15) is 5.10 Å². The number of aliphatic hydroxyl groups excluding tert-OH is 1. The van der Waals surface area contributed by atoms with Crippen LogP contribution in [0.2, 0.25) is 0 Å². The normalized spacial score (nSPS) is 25.1. The number of rotatable bonds is 2. The third-order valence-electron chi connectivity index (χ3n) is 3.37. The first kappa shape index (κ1) is 11.1. The Kier molecular flexibility index (Phi) is 2.96. The molecule has 5 heteroatoms. The lowest BCUT2D eigenvalue weighted by molar-refractivity contribution is 0.0637. The van der Waals surface area contributed by atoms with Crippen molar-refractivity contribution < 1.29 is 9.90 Å². The Morgan fingerprint density at radius 3 is 3.00 bits per heavy atom. The van der Waals surface area contributed by atoms with Crippen molar-refractivity contribution in [1.82, 2.24) is 14.7 Å². The van der Waals surface area contributed by atoms with Gasteiger partial charge >= 0.3 is 0 Å². The Labute approximate surface area is 94.7 Å². The fourth-order valence-corrected chi connectivity index (χ4v) is 2.27. The molecule has 1 fully saturated rings. The fourth-order valence-electron chi connectivity index (χ4n) is 2.27. The van der Waals surface area contributed by atoms with E-state index < -0.39 is 0 Å². The zero-order chi connectivity index (χ0) is 11.7. The van der Waals surface area contributed by atoms with Crippen LogP contribution in [-0.2, 0) is 7.05 Å². The quantitative estimate of drug-likeness (QED) is 0.782. The SMILES string of the molecule is CC1CCN(C(=O)c2ccnn2C)C1CO. The van der Waals surface area contributed by atoms with Gasteiger partial charge in [0.15, 0.2) is 0 Å². The van der Waals surface area contributed by atoms with E-state index in [0.29, 0.717) is 11.6 Å². The molecule has 0 aromatic carbocycles. The van der Waals surface area contributed by atoms with Crippen LogP contribution in [0.5, 0.6) is 0 Å². The van der Waals surface area contributed by atoms with Crippen molar-refractivity contribution >= 4 is 5.91 Å². The highest BCUT2D eigenvalue weighted by atomic mass is 16.3. The van der Waals surface area contributed by atoms with E-state index in [4.69, 9.17) is 0 Å². The number of aryl methyl sites for hydroxylation is 1. The first-order valence-electron chi connectivity index (χ1n) is 5.55. The number of likely N-dealkylation sites (tertiary alicyclic amines) is 1. The molecular formula is C11H17N3O2. The Balaban J connectivity index is 2.20. The van der Waals surface area contributed by atoms with Crippen molar-refractivity contribution in [2.24, 2.45) is 13.0 Å². The Bertz CT molecular complexity index is 388. The summed E-state index contributed by atoms with van der Waals surface area (Å²) in [5, 5.41) is 13.3. The summed E-state index contributed by atoms with van der Waals surface area (Å²) in [6, 6.07) is 1.65. The molecule has 1 aromatic heterocycles. The maximum Gasteiger partial charge on any atom is 0.272 e. The molecule has 0 spiro atoms. The summed E-state index contributed by atoms with van der Waals surface area (Å²) in [6.45, 7) is 2.82. The highest BCUT2D eigenvalue weighted by molar-refractivity contribution is 5.92. The Morgan fingerprint density at radius 2 is 2.44 bits per heavy atom. The molecule has 2 atom stereocenters. The molecule has 16 heavy (non-hydrogen) atoms. The monoisotopic (exact) mass is 223 g/mol. The molecule has 88 valence electrons. The summed E-state index contributed by atoms with van der Waals surface area (Å²) in [6.07, 6.45) is 2.56. The average molecular weight is 223 g/mol. The average Bonchev–Trinajstić information content (AvgIpc) is 2.83. The topological polar surface area (TPSA) is 58.4 Å². The molecule has 0 radical (unpaired) electrons. The number of amides is 1. The summed E-state index contributed by atoms with van der Waals surface area (Å²) in [5.74, 6) is 0.325. The number of carbonyl (C=O) groups excluding carboxylic acids is 1. The van der Waals surface area contributed by atoms with Gasteiger partial charge in [0.05, 0.1) is 12.6 Å². The van der Waals surface area contributed by atoms with Crippen LogP contribution in [0.4, 0.5) is 0 Å². The molecule has 1 amide bonds. The minimum absolute atomic E-state index is 0.0325. The molecule has 2 rings (SSSR count). The number of hydrogen-bond donors (Lipinski definition) is 1. The number of aliphatic hydroxyl groups is 1. The van der Waals surface area contributed by atoms with Crippen molar-refractivity contribution in [2.45, 2.75) is 19.4 Å². The van der Waals surface area contributed by atoms with Crippen LogP contribution < -0.4 is 0 Å². The highest BCUT2D eigenvalue weighted by Crippen LogP contribution is 2.25. The van der Waals surface area contributed by atoms with E-state index in [1.807, 2.05) is 0 Å². The van der Waals surface area contributed by atoms with E-state index in [-0.39, 0.29) is 18.6 Å². The summed E-state index contributed by atoms with van der Waals surface area (Å²) in [5.41, 5.74) is 0.576. The van der Waals surface area contributed by atoms with Crippen molar-refractivity contribution in [3.8, 4) is 0 Å². The lowest BCUT2D eigenvalue weighted by atomic mass is 10.0. The molecule has 0 bridgehead atoms. The van der Waals surface area contributed by atoms with E-state index in [9.17, 15) is 9.90 Å². The van der Waals surface area contributed by atoms with E-state index in [1.54, 1.807) is 28.9 Å². The standard InChI is InChI=1S/C11H17N3O2/c1-8-4-6-14(10(8)7-15)11(16)9-3-5-12-13(9)2/h3,5,8,10,15H,4,6-7H2,1-2H3. The zero-order valence-corrected chi connectivity index (χ0v) is 9.63. The lowest BCUT2D eigenvalue weighted by Gasteiger charge is -2.25. The fraction of sp³-hybridized carbons (Fsp3) is 0.636. The largest absolute Gasteiger partial charge is 0.394 e. The van der Waals surface area contributed by atoms with Crippen molar-refractivity contribution in [3.05, 3.63) is 18.0 Å². The van der Waals surface area contributed by atoms with Gasteiger partial charge < -0.3 is 10.0 Å². The zero-order valence-electron chi connectivity index (χ0n) is 9.63. The van der Waals surface area contributed by atoms with E-state index in [1.165, 1.54) is 0 Å². The van der Waals surface area contributed by atoms with Gasteiger partial charge in [0.1, 0.15) is 5.69 Å². The first-order chi connectivity index (χ1) is 7.65. The van der Waals surface area contributed by atoms with Gasteiger partial charge in [0, 0.05) is 19.8 Å². The van der Waals surface area contributed by atoms with Gasteiger partial charge in [0.25, 0.3) is 5.91 Å². The maximum atomic E-state index is 12.2. The second kappa shape index (κ2) is 4.25. The summed E-state index contributed by atoms with van der Waals surface area (Å²) in [4.78, 5) is 13.9. The molecule has 1 saturated heterocycles. The molecule has 2 heterocycles. The summed E-state index contributed by atoms with van der Waals surface area (Å²) >= 11 is 0. The van der Waals surface area contributed by atoms with E-state index >= 15 is 0 Å². The minimum atomic E-state index is -0.0533. The van der Waals surface area contributed by atoms with Gasteiger partial charge in [-0.05, 0) is 18.4 Å². The highest BCUT2D eigenvalue weighted by Gasteiger charge is 2.34. The van der Waals surface area contributed by atoms with Crippen molar-refractivity contribution in [3.63, 3.8) is 0 Å². The molecule has 0 saturated carbocycles. The predicted octanol–water partition coefficient (Wildman–Crippen LogP) is 0.263. The number of aromatic nitrogens is 2. The smallest absolute Gasteiger partial charge is 0.272 e. The van der Waals surface area contributed by atoms with Crippen LogP contribution in [0.3, 0.4) is 0 Å². The van der Waals surface area contributed by atoms with Gasteiger partial charge in [-0.3, -0.25) is 9.48 Å².